The predicted octanol–water partition coefficient (Wildman–Crippen LogP) is 2.38. The lowest BCUT2D eigenvalue weighted by Crippen LogP contribution is -2.29. The molecule has 2 aromatic carbocycles. The average molecular weight is 335 g/mol. The fourth-order valence-corrected chi connectivity index (χ4v) is 2.31. The van der Waals surface area contributed by atoms with E-state index < -0.39 is 11.5 Å². The summed E-state index contributed by atoms with van der Waals surface area (Å²) in [6, 6.07) is 14.0. The Hall–Kier alpha value is -3.41. The van der Waals surface area contributed by atoms with Gasteiger partial charge in [0, 0.05) is 18.3 Å². The highest BCUT2D eigenvalue weighted by Crippen LogP contribution is 2.14. The van der Waals surface area contributed by atoms with E-state index in [0.717, 1.165) is 16.7 Å². The van der Waals surface area contributed by atoms with Crippen LogP contribution < -0.4 is 10.9 Å². The second kappa shape index (κ2) is 7.00. The minimum atomic E-state index is -0.503. The van der Waals surface area contributed by atoms with Crippen LogP contribution in [0.1, 0.15) is 21.5 Å². The van der Waals surface area contributed by atoms with Gasteiger partial charge in [-0.1, -0.05) is 42.0 Å². The van der Waals surface area contributed by atoms with Gasteiger partial charge < -0.3 is 15.4 Å². The SMILES string of the molecule is Cc1ccc(-c2ncc(C(=O)NCc3ccc(O)cc3)c(=O)[nH]2)cc1. The fraction of sp³-hybridized carbons (Fsp3) is 0.105. The Morgan fingerprint density at radius 3 is 2.44 bits per heavy atom. The molecule has 0 saturated heterocycles. The van der Waals surface area contributed by atoms with Crippen molar-refractivity contribution >= 4 is 5.91 Å². The number of aromatic hydroxyl groups is 1. The number of carbonyl (C=O) groups excluding carboxylic acids is 1. The molecule has 0 unspecified atom stereocenters. The third kappa shape index (κ3) is 3.92. The highest BCUT2D eigenvalue weighted by Gasteiger charge is 2.12. The van der Waals surface area contributed by atoms with Crippen molar-refractivity contribution in [3.05, 3.63) is 81.8 Å². The summed E-state index contributed by atoms with van der Waals surface area (Å²) in [7, 11) is 0. The molecular weight excluding hydrogens is 318 g/mol. The molecule has 3 N–H and O–H groups in total. The maximum Gasteiger partial charge on any atom is 0.264 e. The molecule has 1 aromatic heterocycles. The lowest BCUT2D eigenvalue weighted by molar-refractivity contribution is 0.0949. The van der Waals surface area contributed by atoms with E-state index >= 15 is 0 Å². The summed E-state index contributed by atoms with van der Waals surface area (Å²) in [5.74, 6) is 0.0692. The van der Waals surface area contributed by atoms with E-state index in [1.165, 1.54) is 18.3 Å². The van der Waals surface area contributed by atoms with Crippen LogP contribution in [0.25, 0.3) is 11.4 Å². The number of aromatic nitrogens is 2. The summed E-state index contributed by atoms with van der Waals surface area (Å²) < 4.78 is 0. The van der Waals surface area contributed by atoms with Crippen LogP contribution in [0.5, 0.6) is 5.75 Å². The summed E-state index contributed by atoms with van der Waals surface area (Å²) in [5.41, 5.74) is 2.16. The van der Waals surface area contributed by atoms with Crippen molar-refractivity contribution in [3.63, 3.8) is 0 Å². The predicted molar refractivity (Wildman–Crippen MR) is 94.3 cm³/mol. The molecule has 6 heteroatoms. The van der Waals surface area contributed by atoms with Crippen molar-refractivity contribution in [2.24, 2.45) is 0 Å². The number of hydrogen-bond acceptors (Lipinski definition) is 4. The highest BCUT2D eigenvalue weighted by molar-refractivity contribution is 5.93. The number of nitrogens with one attached hydrogen (secondary N) is 2. The number of amides is 1. The lowest BCUT2D eigenvalue weighted by Gasteiger charge is -2.06. The maximum atomic E-state index is 12.2. The van der Waals surface area contributed by atoms with Gasteiger partial charge in [0.05, 0.1) is 0 Å². The van der Waals surface area contributed by atoms with Gasteiger partial charge in [0.25, 0.3) is 11.5 Å². The molecule has 126 valence electrons. The first-order valence-corrected chi connectivity index (χ1v) is 7.75. The van der Waals surface area contributed by atoms with Crippen molar-refractivity contribution in [1.82, 2.24) is 15.3 Å². The van der Waals surface area contributed by atoms with E-state index in [1.807, 2.05) is 31.2 Å². The van der Waals surface area contributed by atoms with Gasteiger partial charge in [-0.25, -0.2) is 4.98 Å². The van der Waals surface area contributed by atoms with Crippen molar-refractivity contribution in [2.45, 2.75) is 13.5 Å². The van der Waals surface area contributed by atoms with Gasteiger partial charge in [-0.15, -0.1) is 0 Å². The molecule has 0 fully saturated rings. The number of phenolic OH excluding ortho intramolecular Hbond substituents is 1. The quantitative estimate of drug-likeness (QED) is 0.682. The van der Waals surface area contributed by atoms with Crippen LogP contribution in [0, 0.1) is 6.92 Å². The Balaban J connectivity index is 1.73. The van der Waals surface area contributed by atoms with E-state index in [0.29, 0.717) is 5.82 Å². The number of phenols is 1. The monoisotopic (exact) mass is 335 g/mol. The molecule has 0 saturated carbocycles. The normalized spacial score (nSPS) is 10.4. The summed E-state index contributed by atoms with van der Waals surface area (Å²) in [6.45, 7) is 2.22. The zero-order valence-electron chi connectivity index (χ0n) is 13.6. The van der Waals surface area contributed by atoms with Crippen molar-refractivity contribution in [1.29, 1.82) is 0 Å². The molecular formula is C19H17N3O3. The van der Waals surface area contributed by atoms with Crippen LogP contribution in [0.2, 0.25) is 0 Å². The second-order valence-electron chi connectivity index (χ2n) is 5.69. The molecule has 3 aromatic rings. The molecule has 0 aliphatic heterocycles. The molecule has 1 amide bonds. The minimum absolute atomic E-state index is 0.0466. The topological polar surface area (TPSA) is 95.1 Å². The van der Waals surface area contributed by atoms with E-state index in [-0.39, 0.29) is 17.9 Å². The highest BCUT2D eigenvalue weighted by atomic mass is 16.3. The first-order valence-electron chi connectivity index (χ1n) is 7.75. The third-order valence-corrected chi connectivity index (χ3v) is 3.76. The maximum absolute atomic E-state index is 12.2. The molecule has 0 aliphatic rings. The van der Waals surface area contributed by atoms with Crippen LogP contribution in [0.15, 0.2) is 59.5 Å². The molecule has 0 spiro atoms. The molecule has 0 aliphatic carbocycles. The van der Waals surface area contributed by atoms with Crippen LogP contribution in [-0.2, 0) is 6.54 Å². The first-order chi connectivity index (χ1) is 12.0. The Labute approximate surface area is 144 Å². The largest absolute Gasteiger partial charge is 0.508 e. The van der Waals surface area contributed by atoms with Crippen molar-refractivity contribution in [2.75, 3.05) is 0 Å². The molecule has 6 nitrogen and oxygen atoms in total. The van der Waals surface area contributed by atoms with Crippen LogP contribution in [-0.4, -0.2) is 21.0 Å². The van der Waals surface area contributed by atoms with Crippen LogP contribution in [0.3, 0.4) is 0 Å². The summed E-state index contributed by atoms with van der Waals surface area (Å²) >= 11 is 0. The van der Waals surface area contributed by atoms with Gasteiger partial charge in [-0.2, -0.15) is 0 Å². The first kappa shape index (κ1) is 16.4. The zero-order chi connectivity index (χ0) is 17.8. The Kier molecular flexibility index (Phi) is 4.61. The number of aryl methyl sites for hydroxylation is 1. The van der Waals surface area contributed by atoms with Crippen molar-refractivity contribution < 1.29 is 9.90 Å². The van der Waals surface area contributed by atoms with Gasteiger partial charge in [0.1, 0.15) is 17.1 Å². The summed E-state index contributed by atoms with van der Waals surface area (Å²) in [6.07, 6.45) is 1.28. The fourth-order valence-electron chi connectivity index (χ4n) is 2.31. The van der Waals surface area contributed by atoms with Gasteiger partial charge in [-0.3, -0.25) is 9.59 Å². The summed E-state index contributed by atoms with van der Waals surface area (Å²) in [4.78, 5) is 31.2. The molecule has 0 bridgehead atoms. The average Bonchev–Trinajstić information content (AvgIpc) is 2.61. The van der Waals surface area contributed by atoms with Crippen molar-refractivity contribution in [3.8, 4) is 17.1 Å². The molecule has 0 atom stereocenters. The summed E-state index contributed by atoms with van der Waals surface area (Å²) in [5, 5.41) is 11.9. The third-order valence-electron chi connectivity index (χ3n) is 3.76. The molecule has 0 radical (unpaired) electrons. The van der Waals surface area contributed by atoms with Crippen LogP contribution >= 0.6 is 0 Å². The number of nitrogens with zero attached hydrogens (tertiary/aromatic N) is 1. The van der Waals surface area contributed by atoms with Gasteiger partial charge in [-0.05, 0) is 24.6 Å². The van der Waals surface area contributed by atoms with E-state index in [9.17, 15) is 14.7 Å². The Morgan fingerprint density at radius 1 is 1.12 bits per heavy atom. The number of benzene rings is 2. The zero-order valence-corrected chi connectivity index (χ0v) is 13.6. The van der Waals surface area contributed by atoms with E-state index in [2.05, 4.69) is 15.3 Å². The number of rotatable bonds is 4. The van der Waals surface area contributed by atoms with Gasteiger partial charge in [0.2, 0.25) is 0 Å². The second-order valence-corrected chi connectivity index (χ2v) is 5.69. The number of aromatic amines is 1. The standard InChI is InChI=1S/C19H17N3O3/c1-12-2-6-14(7-3-12)17-20-11-16(19(25)22-17)18(24)21-10-13-4-8-15(23)9-5-13/h2-9,11,23H,10H2,1H3,(H,21,24)(H,20,22,25). The van der Waals surface area contributed by atoms with Gasteiger partial charge in [0.15, 0.2) is 0 Å². The number of hydrogen-bond donors (Lipinski definition) is 3. The van der Waals surface area contributed by atoms with Gasteiger partial charge >= 0.3 is 0 Å². The number of carbonyl (C=O) groups is 1. The van der Waals surface area contributed by atoms with E-state index in [4.69, 9.17) is 0 Å². The minimum Gasteiger partial charge on any atom is -0.508 e. The van der Waals surface area contributed by atoms with Crippen LogP contribution in [0.4, 0.5) is 0 Å². The smallest absolute Gasteiger partial charge is 0.264 e. The molecule has 3 rings (SSSR count). The Morgan fingerprint density at radius 2 is 1.80 bits per heavy atom. The molecule has 25 heavy (non-hydrogen) atoms. The number of H-pyrrole nitrogens is 1. The lowest BCUT2D eigenvalue weighted by atomic mass is 10.1. The molecule has 1 heterocycles. The Bertz CT molecular complexity index is 945. The van der Waals surface area contributed by atoms with E-state index in [1.54, 1.807) is 12.1 Å².